The third-order valence-corrected chi connectivity index (χ3v) is 2.59. The summed E-state index contributed by atoms with van der Waals surface area (Å²) in [6.45, 7) is 1.86. The Bertz CT molecular complexity index is 621. The van der Waals surface area contributed by atoms with Gasteiger partial charge in [0.25, 0.3) is 10.2 Å². The third-order valence-electron chi connectivity index (χ3n) is 2.07. The Kier molecular flexibility index (Phi) is 2.77. The van der Waals surface area contributed by atoms with Gasteiger partial charge in [-0.3, -0.25) is 4.72 Å². The first-order valence-corrected chi connectivity index (χ1v) is 6.15. The molecule has 8 nitrogen and oxygen atoms in total. The van der Waals surface area contributed by atoms with Gasteiger partial charge in [-0.25, -0.2) is 9.82 Å². The predicted molar refractivity (Wildman–Crippen MR) is 60.6 cm³/mol. The first-order chi connectivity index (χ1) is 7.96. The highest BCUT2D eigenvalue weighted by Crippen LogP contribution is 2.18. The van der Waals surface area contributed by atoms with E-state index in [0.29, 0.717) is 11.4 Å². The number of nitrogens with one attached hydrogen (secondary N) is 1. The van der Waals surface area contributed by atoms with E-state index >= 15 is 0 Å². The molecule has 0 radical (unpaired) electrons. The summed E-state index contributed by atoms with van der Waals surface area (Å²) in [4.78, 5) is 0. The van der Waals surface area contributed by atoms with Gasteiger partial charge in [0.2, 0.25) is 0 Å². The van der Waals surface area contributed by atoms with Gasteiger partial charge in [-0.1, -0.05) is 6.07 Å². The molecule has 0 saturated heterocycles. The van der Waals surface area contributed by atoms with E-state index in [1.165, 1.54) is 11.0 Å². The molecule has 90 valence electrons. The maximum absolute atomic E-state index is 10.9. The normalized spacial score (nSPS) is 11.4. The van der Waals surface area contributed by atoms with Crippen molar-refractivity contribution in [1.82, 2.24) is 20.2 Å². The average molecular weight is 254 g/mol. The average Bonchev–Trinajstić information content (AvgIpc) is 2.72. The lowest BCUT2D eigenvalue weighted by Crippen LogP contribution is -2.21. The van der Waals surface area contributed by atoms with Gasteiger partial charge < -0.3 is 0 Å². The van der Waals surface area contributed by atoms with E-state index in [1.54, 1.807) is 18.2 Å². The van der Waals surface area contributed by atoms with Crippen LogP contribution in [0.5, 0.6) is 0 Å². The van der Waals surface area contributed by atoms with Crippen molar-refractivity contribution in [3.63, 3.8) is 0 Å². The van der Waals surface area contributed by atoms with Gasteiger partial charge in [0.05, 0.1) is 11.4 Å². The largest absolute Gasteiger partial charge is 0.296 e. The minimum absolute atomic E-state index is 0.351. The summed E-state index contributed by atoms with van der Waals surface area (Å²) in [5, 5.41) is 15.6. The maximum atomic E-state index is 10.9. The number of nitrogens with zero attached hydrogens (tertiary/aromatic N) is 4. The summed E-state index contributed by atoms with van der Waals surface area (Å²) in [7, 11) is -3.79. The van der Waals surface area contributed by atoms with E-state index in [9.17, 15) is 8.42 Å². The second-order valence-corrected chi connectivity index (χ2v) is 4.70. The van der Waals surface area contributed by atoms with Crippen molar-refractivity contribution in [2.75, 3.05) is 4.72 Å². The monoisotopic (exact) mass is 254 g/mol. The van der Waals surface area contributed by atoms with Gasteiger partial charge in [0, 0.05) is 0 Å². The smallest absolute Gasteiger partial charge is 0.271 e. The second-order valence-electron chi connectivity index (χ2n) is 3.40. The van der Waals surface area contributed by atoms with E-state index in [0.717, 1.165) is 5.56 Å². The van der Waals surface area contributed by atoms with Crippen molar-refractivity contribution >= 4 is 15.9 Å². The molecule has 3 N–H and O–H groups in total. The van der Waals surface area contributed by atoms with Gasteiger partial charge in [-0.15, -0.1) is 5.10 Å². The Labute approximate surface area is 97.6 Å². The van der Waals surface area contributed by atoms with Crippen LogP contribution in [0.3, 0.4) is 0 Å². The molecule has 2 aromatic rings. The SMILES string of the molecule is Cc1ccc(NS(N)(=O)=O)cc1-n1cnnn1. The molecule has 0 spiro atoms. The number of rotatable bonds is 3. The lowest BCUT2D eigenvalue weighted by atomic mass is 10.2. The number of tetrazole rings is 1. The molecule has 2 rings (SSSR count). The first-order valence-electron chi connectivity index (χ1n) is 4.60. The lowest BCUT2D eigenvalue weighted by molar-refractivity contribution is 0.603. The quantitative estimate of drug-likeness (QED) is 0.772. The molecule has 17 heavy (non-hydrogen) atoms. The van der Waals surface area contributed by atoms with E-state index in [-0.39, 0.29) is 0 Å². The molecule has 9 heteroatoms. The zero-order valence-corrected chi connectivity index (χ0v) is 9.72. The Balaban J connectivity index is 2.44. The van der Waals surface area contributed by atoms with Crippen LogP contribution < -0.4 is 9.86 Å². The standard InChI is InChI=1S/C8H10N6O2S/c1-6-2-3-7(11-17(9,15)16)4-8(6)14-5-10-12-13-14/h2-5,11H,1H3,(H2,9,15,16). The Morgan fingerprint density at radius 3 is 2.76 bits per heavy atom. The number of benzene rings is 1. The number of hydrogen-bond acceptors (Lipinski definition) is 5. The fraction of sp³-hybridized carbons (Fsp3) is 0.125. The maximum Gasteiger partial charge on any atom is 0.296 e. The van der Waals surface area contributed by atoms with Crippen LogP contribution in [0.4, 0.5) is 5.69 Å². The Morgan fingerprint density at radius 1 is 1.41 bits per heavy atom. The Morgan fingerprint density at radius 2 is 2.18 bits per heavy atom. The van der Waals surface area contributed by atoms with Gasteiger partial charge in [-0.05, 0) is 35.0 Å². The van der Waals surface area contributed by atoms with E-state index in [2.05, 4.69) is 20.2 Å². The van der Waals surface area contributed by atoms with Crippen LogP contribution >= 0.6 is 0 Å². The van der Waals surface area contributed by atoms with Crippen LogP contribution in [0.15, 0.2) is 24.5 Å². The minimum Gasteiger partial charge on any atom is -0.271 e. The fourth-order valence-corrected chi connectivity index (χ4v) is 1.81. The number of aromatic nitrogens is 4. The van der Waals surface area contributed by atoms with E-state index in [4.69, 9.17) is 5.14 Å². The lowest BCUT2D eigenvalue weighted by Gasteiger charge is -2.08. The summed E-state index contributed by atoms with van der Waals surface area (Å²) in [5.74, 6) is 0. The zero-order valence-electron chi connectivity index (χ0n) is 8.90. The van der Waals surface area contributed by atoms with Gasteiger partial charge >= 0.3 is 0 Å². The highest BCUT2D eigenvalue weighted by atomic mass is 32.2. The predicted octanol–water partition coefficient (Wildman–Crippen LogP) is -0.414. The molecule has 1 heterocycles. The number of hydrogen-bond donors (Lipinski definition) is 2. The molecule has 0 amide bonds. The molecule has 0 fully saturated rings. The van der Waals surface area contributed by atoms with Crippen molar-refractivity contribution in [2.24, 2.45) is 5.14 Å². The molecule has 0 aliphatic heterocycles. The summed E-state index contributed by atoms with van der Waals surface area (Å²) in [5.41, 5.74) is 1.92. The molecule has 0 bridgehead atoms. The van der Waals surface area contributed by atoms with Crippen LogP contribution in [-0.4, -0.2) is 28.6 Å². The highest BCUT2D eigenvalue weighted by Gasteiger charge is 2.07. The number of anilines is 1. The summed E-state index contributed by atoms with van der Waals surface area (Å²) < 4.78 is 25.4. The second kappa shape index (κ2) is 4.11. The van der Waals surface area contributed by atoms with Gasteiger partial charge in [0.15, 0.2) is 0 Å². The summed E-state index contributed by atoms with van der Waals surface area (Å²) >= 11 is 0. The van der Waals surface area contributed by atoms with Crippen molar-refractivity contribution in [1.29, 1.82) is 0 Å². The molecule has 1 aromatic carbocycles. The minimum atomic E-state index is -3.79. The van der Waals surface area contributed by atoms with Crippen LogP contribution in [0.2, 0.25) is 0 Å². The highest BCUT2D eigenvalue weighted by molar-refractivity contribution is 7.90. The van der Waals surface area contributed by atoms with E-state index < -0.39 is 10.2 Å². The number of aryl methyl sites for hydroxylation is 1. The molecular weight excluding hydrogens is 244 g/mol. The molecule has 0 atom stereocenters. The zero-order chi connectivity index (χ0) is 12.5. The number of nitrogens with two attached hydrogens (primary N) is 1. The summed E-state index contributed by atoms with van der Waals surface area (Å²) in [6, 6.07) is 4.94. The van der Waals surface area contributed by atoms with Crippen molar-refractivity contribution in [3.05, 3.63) is 30.1 Å². The van der Waals surface area contributed by atoms with E-state index in [1.807, 2.05) is 6.92 Å². The first kappa shape index (κ1) is 11.5. The topological polar surface area (TPSA) is 116 Å². The van der Waals surface area contributed by atoms with Gasteiger partial charge in [-0.2, -0.15) is 8.42 Å². The summed E-state index contributed by atoms with van der Waals surface area (Å²) in [6.07, 6.45) is 1.42. The van der Waals surface area contributed by atoms with Crippen LogP contribution in [0.1, 0.15) is 5.56 Å². The van der Waals surface area contributed by atoms with Crippen molar-refractivity contribution in [3.8, 4) is 5.69 Å². The third kappa shape index (κ3) is 2.77. The van der Waals surface area contributed by atoms with Crippen molar-refractivity contribution in [2.45, 2.75) is 6.92 Å². The molecule has 0 unspecified atom stereocenters. The van der Waals surface area contributed by atoms with Crippen molar-refractivity contribution < 1.29 is 8.42 Å². The van der Waals surface area contributed by atoms with Crippen LogP contribution in [0.25, 0.3) is 5.69 Å². The molecule has 1 aromatic heterocycles. The van der Waals surface area contributed by atoms with Gasteiger partial charge in [0.1, 0.15) is 6.33 Å². The van der Waals surface area contributed by atoms with Crippen LogP contribution in [-0.2, 0) is 10.2 Å². The fourth-order valence-electron chi connectivity index (χ4n) is 1.36. The molecular formula is C8H10N6O2S. The molecule has 0 aliphatic rings. The van der Waals surface area contributed by atoms with Crippen LogP contribution in [0, 0.1) is 6.92 Å². The molecule has 0 saturated carbocycles. The Hall–Kier alpha value is -2.00. The molecule has 0 aliphatic carbocycles.